The van der Waals surface area contributed by atoms with Crippen LogP contribution in [0.25, 0.3) is 0 Å². The van der Waals surface area contributed by atoms with E-state index in [0.29, 0.717) is 19.0 Å². The summed E-state index contributed by atoms with van der Waals surface area (Å²) in [5.41, 5.74) is 5.32. The Hall–Kier alpha value is -2.33. The lowest BCUT2D eigenvalue weighted by Gasteiger charge is -2.17. The van der Waals surface area contributed by atoms with E-state index in [1.807, 2.05) is 24.3 Å². The number of hydrogen-bond acceptors (Lipinski definition) is 3. The Kier molecular flexibility index (Phi) is 10.4. The number of aliphatic carboxylic acids is 1. The van der Waals surface area contributed by atoms with Crippen molar-refractivity contribution in [2.75, 3.05) is 13.2 Å². The van der Waals surface area contributed by atoms with Crippen molar-refractivity contribution in [3.8, 4) is 5.75 Å². The lowest BCUT2D eigenvalue weighted by atomic mass is 9.90. The Bertz CT molecular complexity index is 770. The molecule has 0 heterocycles. The highest BCUT2D eigenvalue weighted by Crippen LogP contribution is 2.22. The fourth-order valence-corrected chi connectivity index (χ4v) is 3.71. The molecule has 1 atom stereocenters. The summed E-state index contributed by atoms with van der Waals surface area (Å²) < 4.78 is 5.93. The molecule has 0 saturated carbocycles. The van der Waals surface area contributed by atoms with E-state index >= 15 is 0 Å². The van der Waals surface area contributed by atoms with Crippen molar-refractivity contribution in [3.05, 3.63) is 64.7 Å². The quantitative estimate of drug-likeness (QED) is 0.392. The van der Waals surface area contributed by atoms with Crippen molar-refractivity contribution < 1.29 is 14.6 Å². The van der Waals surface area contributed by atoms with E-state index in [-0.39, 0.29) is 6.42 Å². The molecular formula is C26H37NO3. The minimum Gasteiger partial charge on any atom is -0.494 e. The van der Waals surface area contributed by atoms with Gasteiger partial charge >= 0.3 is 5.97 Å². The average Bonchev–Trinajstić information content (AvgIpc) is 2.72. The van der Waals surface area contributed by atoms with Crippen LogP contribution in [0.2, 0.25) is 0 Å². The molecule has 0 saturated heterocycles. The molecule has 0 aromatic heterocycles. The maximum absolute atomic E-state index is 10.5. The fourth-order valence-electron chi connectivity index (χ4n) is 3.71. The summed E-state index contributed by atoms with van der Waals surface area (Å²) in [4.78, 5) is 10.5. The molecule has 2 aromatic rings. The molecule has 0 bridgehead atoms. The summed E-state index contributed by atoms with van der Waals surface area (Å²) in [5.74, 6) is 0.826. The molecule has 0 spiro atoms. The van der Waals surface area contributed by atoms with Gasteiger partial charge < -0.3 is 15.2 Å². The van der Waals surface area contributed by atoms with Gasteiger partial charge in [0.1, 0.15) is 5.75 Å². The third kappa shape index (κ3) is 9.00. The first-order valence-corrected chi connectivity index (χ1v) is 11.2. The molecule has 0 aliphatic carbocycles. The number of nitrogens with one attached hydrogen (secondary N) is 1. The number of hydrogen-bond donors (Lipinski definition) is 2. The van der Waals surface area contributed by atoms with Crippen LogP contribution in [0.4, 0.5) is 0 Å². The molecule has 0 radical (unpaired) electrons. The molecule has 0 aliphatic heterocycles. The number of rotatable bonds is 14. The summed E-state index contributed by atoms with van der Waals surface area (Å²) >= 11 is 0. The summed E-state index contributed by atoms with van der Waals surface area (Å²) in [6, 6.07) is 14.9. The molecule has 2 N–H and O–H groups in total. The largest absolute Gasteiger partial charge is 0.494 e. The van der Waals surface area contributed by atoms with Gasteiger partial charge in [0.2, 0.25) is 0 Å². The highest BCUT2D eigenvalue weighted by molar-refractivity contribution is 5.66. The van der Waals surface area contributed by atoms with Gasteiger partial charge in [-0.15, -0.1) is 0 Å². The topological polar surface area (TPSA) is 58.6 Å². The molecule has 1 unspecified atom stereocenters. The van der Waals surface area contributed by atoms with Crippen LogP contribution < -0.4 is 10.1 Å². The van der Waals surface area contributed by atoms with Crippen molar-refractivity contribution in [1.82, 2.24) is 5.32 Å². The first-order chi connectivity index (χ1) is 14.5. The number of carboxylic acids is 1. The van der Waals surface area contributed by atoms with Crippen LogP contribution in [0.15, 0.2) is 42.5 Å². The van der Waals surface area contributed by atoms with Crippen LogP contribution in [0.1, 0.15) is 61.3 Å². The van der Waals surface area contributed by atoms with Crippen LogP contribution in [-0.2, 0) is 17.8 Å². The number of carboxylic acid groups (broad SMARTS) is 1. The fraction of sp³-hybridized carbons (Fsp3) is 0.500. The highest BCUT2D eigenvalue weighted by Gasteiger charge is 2.10. The summed E-state index contributed by atoms with van der Waals surface area (Å²) in [5, 5.41) is 11.8. The number of aryl methyl sites for hydroxylation is 2. The maximum Gasteiger partial charge on any atom is 0.304 e. The van der Waals surface area contributed by atoms with Crippen LogP contribution in [0, 0.1) is 19.8 Å². The van der Waals surface area contributed by atoms with Crippen molar-refractivity contribution in [3.63, 3.8) is 0 Å². The molecular weight excluding hydrogens is 374 g/mol. The van der Waals surface area contributed by atoms with Crippen molar-refractivity contribution in [2.45, 2.75) is 65.8 Å². The SMILES string of the molecule is CCCC(CCCOc1ccc(CNCCC(=O)O)cc1)Cc1ccc(C)c(C)c1. The second-order valence-electron chi connectivity index (χ2n) is 8.23. The molecule has 0 amide bonds. The number of ether oxygens (including phenoxy) is 1. The molecule has 164 valence electrons. The van der Waals surface area contributed by atoms with Gasteiger partial charge in [0.15, 0.2) is 0 Å². The molecule has 2 rings (SSSR count). The second kappa shape index (κ2) is 13.1. The zero-order valence-corrected chi connectivity index (χ0v) is 18.7. The van der Waals surface area contributed by atoms with E-state index in [0.717, 1.165) is 30.8 Å². The first kappa shape index (κ1) is 23.9. The third-order valence-corrected chi connectivity index (χ3v) is 5.59. The first-order valence-electron chi connectivity index (χ1n) is 11.2. The zero-order valence-electron chi connectivity index (χ0n) is 18.7. The van der Waals surface area contributed by atoms with Crippen LogP contribution in [0.3, 0.4) is 0 Å². The van der Waals surface area contributed by atoms with Gasteiger partial charge in [-0.3, -0.25) is 4.79 Å². The third-order valence-electron chi connectivity index (χ3n) is 5.59. The van der Waals surface area contributed by atoms with Gasteiger partial charge in [0.25, 0.3) is 0 Å². The molecule has 4 nitrogen and oxygen atoms in total. The number of benzene rings is 2. The Balaban J connectivity index is 1.71. The van der Waals surface area contributed by atoms with E-state index in [4.69, 9.17) is 9.84 Å². The van der Waals surface area contributed by atoms with Gasteiger partial charge in [-0.2, -0.15) is 0 Å². The minimum atomic E-state index is -0.776. The molecule has 0 aliphatic rings. The predicted molar refractivity (Wildman–Crippen MR) is 123 cm³/mol. The Morgan fingerprint density at radius 1 is 1.03 bits per heavy atom. The Labute approximate surface area is 181 Å². The van der Waals surface area contributed by atoms with Crippen LogP contribution in [0.5, 0.6) is 5.75 Å². The van der Waals surface area contributed by atoms with Gasteiger partial charge in [-0.25, -0.2) is 0 Å². The summed E-state index contributed by atoms with van der Waals surface area (Å²) in [7, 11) is 0. The highest BCUT2D eigenvalue weighted by atomic mass is 16.5. The average molecular weight is 412 g/mol. The standard InChI is InChI=1S/C26H37NO3/c1-4-6-22(18-24-9-8-20(2)21(3)17-24)7-5-16-30-25-12-10-23(11-13-25)19-27-15-14-26(28)29/h8-13,17,22,27H,4-7,14-16,18-19H2,1-3H3,(H,28,29). The normalized spacial score (nSPS) is 12.0. The lowest BCUT2D eigenvalue weighted by molar-refractivity contribution is -0.136. The van der Waals surface area contributed by atoms with E-state index in [1.165, 1.54) is 36.0 Å². The van der Waals surface area contributed by atoms with Crippen molar-refractivity contribution >= 4 is 5.97 Å². The minimum absolute atomic E-state index is 0.143. The monoisotopic (exact) mass is 411 g/mol. The Morgan fingerprint density at radius 3 is 2.43 bits per heavy atom. The van der Waals surface area contributed by atoms with Gasteiger partial charge in [-0.05, 0) is 73.4 Å². The molecule has 4 heteroatoms. The summed E-state index contributed by atoms with van der Waals surface area (Å²) in [6.07, 6.45) is 6.03. The summed E-state index contributed by atoms with van der Waals surface area (Å²) in [6.45, 7) is 8.52. The second-order valence-corrected chi connectivity index (χ2v) is 8.23. The van der Waals surface area contributed by atoms with E-state index in [1.54, 1.807) is 0 Å². The maximum atomic E-state index is 10.5. The van der Waals surface area contributed by atoms with Crippen molar-refractivity contribution in [1.29, 1.82) is 0 Å². The molecule has 2 aromatic carbocycles. The van der Waals surface area contributed by atoms with E-state index in [2.05, 4.69) is 44.3 Å². The van der Waals surface area contributed by atoms with Crippen LogP contribution in [-0.4, -0.2) is 24.2 Å². The van der Waals surface area contributed by atoms with Crippen molar-refractivity contribution in [2.24, 2.45) is 5.92 Å². The lowest BCUT2D eigenvalue weighted by Crippen LogP contribution is -2.17. The zero-order chi connectivity index (χ0) is 21.8. The molecule has 30 heavy (non-hydrogen) atoms. The van der Waals surface area contributed by atoms with Gasteiger partial charge in [0.05, 0.1) is 13.0 Å². The number of carbonyl (C=O) groups is 1. The Morgan fingerprint density at radius 2 is 1.77 bits per heavy atom. The van der Waals surface area contributed by atoms with E-state index in [9.17, 15) is 4.79 Å². The van der Waals surface area contributed by atoms with Crippen LogP contribution >= 0.6 is 0 Å². The van der Waals surface area contributed by atoms with Gasteiger partial charge in [-0.1, -0.05) is 50.1 Å². The van der Waals surface area contributed by atoms with Gasteiger partial charge in [0, 0.05) is 13.1 Å². The molecule has 0 fully saturated rings. The predicted octanol–water partition coefficient (Wildman–Crippen LogP) is 5.69. The smallest absolute Gasteiger partial charge is 0.304 e. The van der Waals surface area contributed by atoms with E-state index < -0.39 is 5.97 Å².